The molecule has 1 aromatic rings. The topological polar surface area (TPSA) is 18.5 Å². The Morgan fingerprint density at radius 3 is 2.36 bits per heavy atom. The summed E-state index contributed by atoms with van der Waals surface area (Å²) in [5, 5.41) is 0.957. The molecule has 1 rings (SSSR count). The maximum Gasteiger partial charge on any atom is 0.145 e. The van der Waals surface area contributed by atoms with Gasteiger partial charge in [0.2, 0.25) is 0 Å². The second-order valence-corrected chi connectivity index (χ2v) is 8.50. The highest BCUT2D eigenvalue weighted by atomic mass is 32.9. The predicted molar refractivity (Wildman–Crippen MR) is 67.5 cm³/mol. The molecule has 1 unspecified atom stereocenters. The van der Waals surface area contributed by atoms with Gasteiger partial charge >= 0.3 is 0 Å². The van der Waals surface area contributed by atoms with Gasteiger partial charge in [0, 0.05) is 5.30 Å². The molecule has 1 aromatic carbocycles. The Balaban J connectivity index is 2.91. The van der Waals surface area contributed by atoms with Crippen molar-refractivity contribution in [2.75, 3.05) is 13.7 Å². The first-order valence-corrected chi connectivity index (χ1v) is 8.09. The van der Waals surface area contributed by atoms with E-state index in [1.54, 1.807) is 7.11 Å². The van der Waals surface area contributed by atoms with Crippen molar-refractivity contribution >= 4 is 34.8 Å². The smallest absolute Gasteiger partial charge is 0.145 e. The minimum Gasteiger partial charge on any atom is -0.497 e. The Bertz CT molecular complexity index is 337. The number of methoxy groups -OCH3 is 1. The maximum absolute atomic E-state index is 5.44. The number of benzene rings is 1. The molecule has 5 heteroatoms. The van der Waals surface area contributed by atoms with Crippen molar-refractivity contribution in [3.8, 4) is 5.75 Å². The van der Waals surface area contributed by atoms with E-state index < -0.39 is 5.47 Å². The highest BCUT2D eigenvalue weighted by molar-refractivity contribution is 8.64. The fourth-order valence-electron chi connectivity index (χ4n) is 1.02. The first-order valence-electron chi connectivity index (χ1n) is 4.22. The van der Waals surface area contributed by atoms with Crippen LogP contribution in [0.2, 0.25) is 0 Å². The van der Waals surface area contributed by atoms with Crippen molar-refractivity contribution in [2.24, 2.45) is 0 Å². The molecule has 0 saturated heterocycles. The van der Waals surface area contributed by atoms with Gasteiger partial charge < -0.3 is 9.26 Å². The van der Waals surface area contributed by atoms with Crippen LogP contribution in [0.25, 0.3) is 0 Å². The molecule has 0 saturated carbocycles. The standard InChI is InChI=1S/C9H13O2PS2/c1-3-11-12(13,14)9-6-4-8(10-2)5-7-9/h4-7H,3H2,1-2H3,(H,13,14). The number of ether oxygens (including phenoxy) is 1. The van der Waals surface area contributed by atoms with Gasteiger partial charge in [-0.15, -0.1) is 12.2 Å². The molecule has 0 N–H and O–H groups in total. The Morgan fingerprint density at radius 2 is 1.93 bits per heavy atom. The molecule has 0 fully saturated rings. The molecule has 0 amide bonds. The lowest BCUT2D eigenvalue weighted by Gasteiger charge is -2.15. The third-order valence-corrected chi connectivity index (χ3v) is 5.25. The molecule has 1 atom stereocenters. The number of hydrogen-bond donors (Lipinski definition) is 1. The van der Waals surface area contributed by atoms with Gasteiger partial charge in [-0.05, 0) is 31.2 Å². The summed E-state index contributed by atoms with van der Waals surface area (Å²) in [5.41, 5.74) is -2.10. The van der Waals surface area contributed by atoms with Crippen LogP contribution in [0.1, 0.15) is 6.92 Å². The highest BCUT2D eigenvalue weighted by Crippen LogP contribution is 2.50. The summed E-state index contributed by atoms with van der Waals surface area (Å²) in [7, 11) is 1.63. The average molecular weight is 248 g/mol. The zero-order valence-electron chi connectivity index (χ0n) is 8.14. The SMILES string of the molecule is CCOP(=S)(S)c1ccc(OC)cc1. The fourth-order valence-corrected chi connectivity index (χ4v) is 3.47. The van der Waals surface area contributed by atoms with Crippen LogP contribution >= 0.6 is 17.7 Å². The molecule has 14 heavy (non-hydrogen) atoms. The maximum atomic E-state index is 5.44. The number of rotatable bonds is 4. The van der Waals surface area contributed by atoms with E-state index in [9.17, 15) is 0 Å². The van der Waals surface area contributed by atoms with Crippen molar-refractivity contribution in [3.63, 3.8) is 0 Å². The van der Waals surface area contributed by atoms with Crippen molar-refractivity contribution in [1.82, 2.24) is 0 Å². The molecule has 0 aromatic heterocycles. The molecule has 78 valence electrons. The van der Waals surface area contributed by atoms with Crippen LogP contribution in [0.4, 0.5) is 0 Å². The van der Waals surface area contributed by atoms with Gasteiger partial charge in [0.15, 0.2) is 0 Å². The second-order valence-electron chi connectivity index (χ2n) is 2.64. The Morgan fingerprint density at radius 1 is 1.36 bits per heavy atom. The summed E-state index contributed by atoms with van der Waals surface area (Å²) in [4.78, 5) is 0. The van der Waals surface area contributed by atoms with Crippen molar-refractivity contribution < 1.29 is 9.26 Å². The van der Waals surface area contributed by atoms with E-state index in [2.05, 4.69) is 12.2 Å². The van der Waals surface area contributed by atoms with Gasteiger partial charge in [-0.25, -0.2) is 0 Å². The van der Waals surface area contributed by atoms with Gasteiger partial charge in [-0.3, -0.25) is 0 Å². The average Bonchev–Trinajstić information content (AvgIpc) is 2.18. The van der Waals surface area contributed by atoms with E-state index in [1.807, 2.05) is 31.2 Å². The molecule has 0 aliphatic rings. The first kappa shape index (κ1) is 12.1. The molecule has 2 nitrogen and oxygen atoms in total. The van der Waals surface area contributed by atoms with Crippen LogP contribution in [0.3, 0.4) is 0 Å². The second kappa shape index (κ2) is 5.17. The third kappa shape index (κ3) is 2.99. The third-order valence-electron chi connectivity index (χ3n) is 1.70. The highest BCUT2D eigenvalue weighted by Gasteiger charge is 2.14. The van der Waals surface area contributed by atoms with Crippen LogP contribution in [-0.4, -0.2) is 13.7 Å². The minimum atomic E-state index is -2.10. The fraction of sp³-hybridized carbons (Fsp3) is 0.333. The summed E-state index contributed by atoms with van der Waals surface area (Å²) < 4.78 is 10.5. The zero-order valence-corrected chi connectivity index (χ0v) is 10.7. The van der Waals surface area contributed by atoms with Gasteiger partial charge in [0.1, 0.15) is 11.2 Å². The van der Waals surface area contributed by atoms with Crippen LogP contribution in [0.15, 0.2) is 24.3 Å². The summed E-state index contributed by atoms with van der Waals surface area (Å²) in [6.45, 7) is 2.51. The molecule has 0 bridgehead atoms. The van der Waals surface area contributed by atoms with Crippen LogP contribution in [0.5, 0.6) is 5.75 Å². The number of thiol groups is 1. The van der Waals surface area contributed by atoms with Crippen molar-refractivity contribution in [3.05, 3.63) is 24.3 Å². The van der Waals surface area contributed by atoms with E-state index in [4.69, 9.17) is 21.1 Å². The molecule has 0 aliphatic carbocycles. The largest absolute Gasteiger partial charge is 0.497 e. The van der Waals surface area contributed by atoms with Crippen LogP contribution in [-0.2, 0) is 16.3 Å². The molecular formula is C9H13O2PS2. The molecule has 0 heterocycles. The summed E-state index contributed by atoms with van der Waals surface area (Å²) in [6.07, 6.45) is 0. The summed E-state index contributed by atoms with van der Waals surface area (Å²) in [6, 6.07) is 7.54. The summed E-state index contributed by atoms with van der Waals surface area (Å²) in [5.74, 6) is 0.814. The molecule has 0 radical (unpaired) electrons. The van der Waals surface area contributed by atoms with Crippen molar-refractivity contribution in [2.45, 2.75) is 6.92 Å². The lowest BCUT2D eigenvalue weighted by atomic mass is 10.3. The lowest BCUT2D eigenvalue weighted by molar-refractivity contribution is 0.390. The molecule has 0 aliphatic heterocycles. The molecule has 0 spiro atoms. The first-order chi connectivity index (χ1) is 6.60. The van der Waals surface area contributed by atoms with E-state index in [0.717, 1.165) is 11.1 Å². The van der Waals surface area contributed by atoms with Gasteiger partial charge in [-0.2, -0.15) is 0 Å². The van der Waals surface area contributed by atoms with Crippen LogP contribution < -0.4 is 10.0 Å². The van der Waals surface area contributed by atoms with E-state index in [-0.39, 0.29) is 0 Å². The molecular weight excluding hydrogens is 235 g/mol. The Kier molecular flexibility index (Phi) is 4.45. The number of hydrogen-bond acceptors (Lipinski definition) is 3. The van der Waals surface area contributed by atoms with E-state index in [1.165, 1.54) is 0 Å². The Labute approximate surface area is 94.9 Å². The monoisotopic (exact) mass is 248 g/mol. The van der Waals surface area contributed by atoms with E-state index in [0.29, 0.717) is 6.61 Å². The van der Waals surface area contributed by atoms with Crippen LogP contribution in [0, 0.1) is 0 Å². The zero-order chi connectivity index (χ0) is 10.6. The summed E-state index contributed by atoms with van der Waals surface area (Å²) >= 11 is 9.68. The van der Waals surface area contributed by atoms with Gasteiger partial charge in [0.05, 0.1) is 13.7 Å². The van der Waals surface area contributed by atoms with E-state index >= 15 is 0 Å². The van der Waals surface area contributed by atoms with Gasteiger partial charge in [0.25, 0.3) is 0 Å². The quantitative estimate of drug-likeness (QED) is 0.652. The lowest BCUT2D eigenvalue weighted by Crippen LogP contribution is -2.02. The minimum absolute atomic E-state index is 0.590. The Hall–Kier alpha value is -0.0200. The normalized spacial score (nSPS) is 14.8. The van der Waals surface area contributed by atoms with Gasteiger partial charge in [-0.1, -0.05) is 11.8 Å². The van der Waals surface area contributed by atoms with Crippen molar-refractivity contribution in [1.29, 1.82) is 0 Å². The predicted octanol–water partition coefficient (Wildman–Crippen LogP) is 2.60.